The fraction of sp³-hybridized carbons (Fsp3) is 0.941. The minimum Gasteiger partial charge on any atom is -0.444 e. The molecular weight excluding hydrogens is 280 g/mol. The summed E-state index contributed by atoms with van der Waals surface area (Å²) in [4.78, 5) is 14.3. The third kappa shape index (κ3) is 7.45. The zero-order valence-electron chi connectivity index (χ0n) is 15.1. The summed E-state index contributed by atoms with van der Waals surface area (Å²) in [7, 11) is 0. The number of carbonyl (C=O) groups is 1. The Morgan fingerprint density at radius 2 is 1.95 bits per heavy atom. The Labute approximate surface area is 135 Å². The van der Waals surface area contributed by atoms with Crippen molar-refractivity contribution in [1.82, 2.24) is 10.2 Å². The molecule has 130 valence electrons. The number of aliphatic hydroxyl groups is 1. The number of nitrogens with zero attached hydrogens (tertiary/aromatic N) is 1. The molecule has 1 amide bonds. The number of carbonyl (C=O) groups excluding carboxylic acids is 1. The molecule has 1 aliphatic rings. The molecule has 2 N–H and O–H groups in total. The van der Waals surface area contributed by atoms with E-state index in [-0.39, 0.29) is 18.2 Å². The molecule has 0 saturated carbocycles. The lowest BCUT2D eigenvalue weighted by Gasteiger charge is -2.38. The van der Waals surface area contributed by atoms with Crippen molar-refractivity contribution in [2.45, 2.75) is 90.5 Å². The molecular formula is C17H34N2O3. The molecule has 0 radical (unpaired) electrons. The lowest BCUT2D eigenvalue weighted by atomic mass is 9.96. The molecule has 1 saturated heterocycles. The molecule has 0 aromatic heterocycles. The highest BCUT2D eigenvalue weighted by molar-refractivity contribution is 5.68. The molecule has 22 heavy (non-hydrogen) atoms. The van der Waals surface area contributed by atoms with Gasteiger partial charge >= 0.3 is 6.09 Å². The molecule has 0 bridgehead atoms. The van der Waals surface area contributed by atoms with Gasteiger partial charge in [-0.15, -0.1) is 0 Å². The first kappa shape index (κ1) is 19.2. The quantitative estimate of drug-likeness (QED) is 0.819. The average Bonchev–Trinajstić information content (AvgIpc) is 2.34. The molecule has 0 aromatic carbocycles. The predicted molar refractivity (Wildman–Crippen MR) is 89.0 cm³/mol. The fourth-order valence-corrected chi connectivity index (χ4v) is 2.72. The first-order valence-electron chi connectivity index (χ1n) is 8.43. The third-order valence-corrected chi connectivity index (χ3v) is 3.76. The summed E-state index contributed by atoms with van der Waals surface area (Å²) in [5.41, 5.74) is -1.17. The van der Waals surface area contributed by atoms with E-state index in [4.69, 9.17) is 4.74 Å². The van der Waals surface area contributed by atoms with Crippen LogP contribution < -0.4 is 5.32 Å². The van der Waals surface area contributed by atoms with E-state index in [0.717, 1.165) is 32.2 Å². The number of ether oxygens (including phenoxy) is 1. The Hall–Kier alpha value is -0.810. The number of piperidine rings is 1. The highest BCUT2D eigenvalue weighted by Crippen LogP contribution is 2.23. The fourth-order valence-electron chi connectivity index (χ4n) is 2.72. The lowest BCUT2D eigenvalue weighted by molar-refractivity contribution is 0.00728. The maximum Gasteiger partial charge on any atom is 0.410 e. The summed E-state index contributed by atoms with van der Waals surface area (Å²) in [5, 5.41) is 13.1. The van der Waals surface area contributed by atoms with Crippen molar-refractivity contribution in [2.24, 2.45) is 0 Å². The van der Waals surface area contributed by atoms with Crippen molar-refractivity contribution in [1.29, 1.82) is 0 Å². The van der Waals surface area contributed by atoms with Gasteiger partial charge in [-0.25, -0.2) is 4.79 Å². The van der Waals surface area contributed by atoms with Crippen LogP contribution in [0.25, 0.3) is 0 Å². The Kier molecular flexibility index (Phi) is 6.68. The van der Waals surface area contributed by atoms with Gasteiger partial charge in [-0.3, -0.25) is 0 Å². The zero-order chi connectivity index (χ0) is 17.0. The summed E-state index contributed by atoms with van der Waals surface area (Å²) in [6.07, 6.45) is 3.90. The van der Waals surface area contributed by atoms with Crippen LogP contribution in [0.1, 0.15) is 67.2 Å². The van der Waals surface area contributed by atoms with Crippen molar-refractivity contribution >= 4 is 6.09 Å². The van der Waals surface area contributed by atoms with Crippen LogP contribution in [0.4, 0.5) is 4.79 Å². The van der Waals surface area contributed by atoms with E-state index in [9.17, 15) is 9.90 Å². The smallest absolute Gasteiger partial charge is 0.410 e. The van der Waals surface area contributed by atoms with Crippen molar-refractivity contribution in [3.05, 3.63) is 0 Å². The maximum absolute atomic E-state index is 12.4. The Bertz CT molecular complexity index is 358. The van der Waals surface area contributed by atoms with Crippen LogP contribution >= 0.6 is 0 Å². The molecule has 1 fully saturated rings. The Morgan fingerprint density at radius 3 is 2.50 bits per heavy atom. The van der Waals surface area contributed by atoms with E-state index in [1.807, 2.05) is 25.7 Å². The van der Waals surface area contributed by atoms with Gasteiger partial charge in [0.15, 0.2) is 0 Å². The van der Waals surface area contributed by atoms with E-state index >= 15 is 0 Å². The maximum atomic E-state index is 12.4. The van der Waals surface area contributed by atoms with Crippen LogP contribution in [0.3, 0.4) is 0 Å². The summed E-state index contributed by atoms with van der Waals surface area (Å²) >= 11 is 0. The van der Waals surface area contributed by atoms with Crippen molar-refractivity contribution in [3.63, 3.8) is 0 Å². The SMILES string of the molecule is CC(CC1CCCCN1C(=O)OC(C)(C)C)NCC(C)(C)O. The van der Waals surface area contributed by atoms with Crippen LogP contribution in [0.5, 0.6) is 0 Å². The predicted octanol–water partition coefficient (Wildman–Crippen LogP) is 2.92. The average molecular weight is 314 g/mol. The number of likely N-dealkylation sites (tertiary alicyclic amines) is 1. The van der Waals surface area contributed by atoms with Crippen LogP contribution in [0, 0.1) is 0 Å². The monoisotopic (exact) mass is 314 g/mol. The molecule has 5 nitrogen and oxygen atoms in total. The van der Waals surface area contributed by atoms with Crippen LogP contribution in [-0.2, 0) is 4.74 Å². The minimum absolute atomic E-state index is 0.202. The van der Waals surface area contributed by atoms with E-state index in [0.29, 0.717) is 6.54 Å². The summed E-state index contributed by atoms with van der Waals surface area (Å²) in [5.74, 6) is 0. The van der Waals surface area contributed by atoms with Gasteiger partial charge in [0.05, 0.1) is 5.60 Å². The first-order valence-corrected chi connectivity index (χ1v) is 8.43. The molecule has 0 aliphatic carbocycles. The summed E-state index contributed by atoms with van der Waals surface area (Å²) in [6, 6.07) is 0.465. The molecule has 1 rings (SSSR count). The van der Waals surface area contributed by atoms with Gasteiger partial charge in [-0.2, -0.15) is 0 Å². The molecule has 5 heteroatoms. The van der Waals surface area contributed by atoms with Crippen molar-refractivity contribution in [2.75, 3.05) is 13.1 Å². The van der Waals surface area contributed by atoms with E-state index in [1.54, 1.807) is 13.8 Å². The van der Waals surface area contributed by atoms with Gasteiger partial charge in [0.25, 0.3) is 0 Å². The molecule has 0 spiro atoms. The largest absolute Gasteiger partial charge is 0.444 e. The number of nitrogens with one attached hydrogen (secondary N) is 1. The van der Waals surface area contributed by atoms with Crippen LogP contribution in [0.15, 0.2) is 0 Å². The molecule has 2 unspecified atom stereocenters. The number of amides is 1. The number of hydrogen-bond donors (Lipinski definition) is 2. The lowest BCUT2D eigenvalue weighted by Crippen LogP contribution is -2.49. The molecule has 2 atom stereocenters. The second-order valence-electron chi connectivity index (χ2n) is 8.15. The van der Waals surface area contributed by atoms with Gasteiger partial charge in [0.2, 0.25) is 0 Å². The zero-order valence-corrected chi connectivity index (χ0v) is 15.1. The highest BCUT2D eigenvalue weighted by Gasteiger charge is 2.31. The molecule has 0 aromatic rings. The third-order valence-electron chi connectivity index (χ3n) is 3.76. The van der Waals surface area contributed by atoms with Gasteiger partial charge < -0.3 is 20.1 Å². The Balaban J connectivity index is 2.56. The van der Waals surface area contributed by atoms with Gasteiger partial charge in [0.1, 0.15) is 5.60 Å². The second kappa shape index (κ2) is 7.64. The van der Waals surface area contributed by atoms with E-state index < -0.39 is 11.2 Å². The van der Waals surface area contributed by atoms with Gasteiger partial charge in [-0.1, -0.05) is 0 Å². The van der Waals surface area contributed by atoms with E-state index in [1.165, 1.54) is 0 Å². The van der Waals surface area contributed by atoms with Crippen LogP contribution in [0.2, 0.25) is 0 Å². The normalized spacial score (nSPS) is 21.6. The topological polar surface area (TPSA) is 61.8 Å². The number of rotatable bonds is 5. The Morgan fingerprint density at radius 1 is 1.32 bits per heavy atom. The number of hydrogen-bond acceptors (Lipinski definition) is 4. The van der Waals surface area contributed by atoms with Crippen molar-refractivity contribution in [3.8, 4) is 0 Å². The van der Waals surface area contributed by atoms with Crippen LogP contribution in [-0.4, -0.2) is 52.5 Å². The van der Waals surface area contributed by atoms with Gasteiger partial charge in [0, 0.05) is 25.2 Å². The second-order valence-corrected chi connectivity index (χ2v) is 8.15. The van der Waals surface area contributed by atoms with Crippen molar-refractivity contribution < 1.29 is 14.6 Å². The standard InChI is InChI=1S/C17H34N2O3/c1-13(18-12-17(5,6)21)11-14-9-7-8-10-19(14)15(20)22-16(2,3)4/h13-14,18,21H,7-12H2,1-6H3. The summed E-state index contributed by atoms with van der Waals surface area (Å²) in [6.45, 7) is 12.7. The summed E-state index contributed by atoms with van der Waals surface area (Å²) < 4.78 is 5.53. The minimum atomic E-state index is -0.717. The molecule has 1 aliphatic heterocycles. The molecule has 1 heterocycles. The highest BCUT2D eigenvalue weighted by atomic mass is 16.6. The van der Waals surface area contributed by atoms with Gasteiger partial charge in [-0.05, 0) is 67.2 Å². The van der Waals surface area contributed by atoms with E-state index in [2.05, 4.69) is 12.2 Å². The first-order chi connectivity index (χ1) is 9.98.